The van der Waals surface area contributed by atoms with E-state index in [1.165, 1.54) is 76.7 Å². The number of ether oxygens (including phenoxy) is 1. The van der Waals surface area contributed by atoms with Crippen LogP contribution in [0.25, 0.3) is 22.2 Å². The van der Waals surface area contributed by atoms with Crippen molar-refractivity contribution in [3.8, 4) is 17.0 Å². The highest BCUT2D eigenvalue weighted by atomic mass is 32.2. The number of rotatable bonds is 8. The molecular formula is C42H53N5O5S. The average molecular weight is 740 g/mol. The molecule has 10 nitrogen and oxygen atoms in total. The topological polar surface area (TPSA) is 104 Å². The summed E-state index contributed by atoms with van der Waals surface area (Å²) >= 11 is 0. The van der Waals surface area contributed by atoms with Crippen LogP contribution in [0.5, 0.6) is 5.75 Å². The molecule has 0 bridgehead atoms. The summed E-state index contributed by atoms with van der Waals surface area (Å²) in [5.74, 6) is 1.79. The molecule has 1 N–H and O–H groups in total. The molecule has 53 heavy (non-hydrogen) atoms. The Morgan fingerprint density at radius 1 is 0.943 bits per heavy atom. The van der Waals surface area contributed by atoms with Gasteiger partial charge in [-0.2, -0.15) is 12.7 Å². The summed E-state index contributed by atoms with van der Waals surface area (Å²) < 4.78 is 36.8. The monoisotopic (exact) mass is 739 g/mol. The molecule has 0 radical (unpaired) electrons. The molecule has 7 aliphatic rings. The first-order valence-corrected chi connectivity index (χ1v) is 21.6. The number of benzene rings is 2. The van der Waals surface area contributed by atoms with Crippen molar-refractivity contribution in [3.63, 3.8) is 0 Å². The number of methoxy groups -OCH3 is 1. The number of fused-ring (bicyclic) bond motifs is 7. The van der Waals surface area contributed by atoms with E-state index in [1.807, 2.05) is 18.2 Å². The summed E-state index contributed by atoms with van der Waals surface area (Å²) in [5, 5.41) is 1.10. The maximum atomic E-state index is 15.5. The number of carbonyl (C=O) groups is 2. The molecule has 10 rings (SSSR count). The number of piperidine rings is 1. The van der Waals surface area contributed by atoms with Crippen molar-refractivity contribution < 1.29 is 22.7 Å². The molecule has 3 aliphatic heterocycles. The molecule has 1 spiro atoms. The van der Waals surface area contributed by atoms with Crippen molar-refractivity contribution in [3.05, 3.63) is 53.1 Å². The van der Waals surface area contributed by atoms with Gasteiger partial charge in [0.25, 0.3) is 5.91 Å². The number of nitrogens with zero attached hydrogens (tertiary/aromatic N) is 4. The van der Waals surface area contributed by atoms with Gasteiger partial charge in [0.1, 0.15) is 5.75 Å². The van der Waals surface area contributed by atoms with Crippen LogP contribution in [0.4, 0.5) is 0 Å². The lowest BCUT2D eigenvalue weighted by molar-refractivity contribution is -0.189. The summed E-state index contributed by atoms with van der Waals surface area (Å²) in [5.41, 5.74) is 5.68. The number of hydrogen-bond acceptors (Lipinski definition) is 6. The van der Waals surface area contributed by atoms with Crippen molar-refractivity contribution in [1.82, 2.24) is 23.4 Å². The third kappa shape index (κ3) is 5.12. The molecule has 5 unspecified atom stereocenters. The minimum absolute atomic E-state index is 0.0809. The summed E-state index contributed by atoms with van der Waals surface area (Å²) in [6.45, 7) is 4.00. The van der Waals surface area contributed by atoms with E-state index >= 15 is 4.79 Å². The molecule has 6 fully saturated rings. The highest BCUT2D eigenvalue weighted by Crippen LogP contribution is 2.69. The highest BCUT2D eigenvalue weighted by Gasteiger charge is 2.71. The normalized spacial score (nSPS) is 30.8. The van der Waals surface area contributed by atoms with Gasteiger partial charge in [0, 0.05) is 85.7 Å². The summed E-state index contributed by atoms with van der Waals surface area (Å²) in [4.78, 5) is 34.1. The zero-order valence-corrected chi connectivity index (χ0v) is 32.2. The molecule has 3 aromatic rings. The van der Waals surface area contributed by atoms with E-state index in [9.17, 15) is 13.2 Å². The lowest BCUT2D eigenvalue weighted by atomic mass is 9.62. The number of carbonyl (C=O) groups excluding carboxylic acids is 2. The maximum Gasteiger partial charge on any atom is 0.303 e. The van der Waals surface area contributed by atoms with Crippen LogP contribution >= 0.6 is 0 Å². The molecule has 4 aliphatic carbocycles. The third-order valence-corrected chi connectivity index (χ3v) is 16.1. The van der Waals surface area contributed by atoms with E-state index in [4.69, 9.17) is 4.74 Å². The van der Waals surface area contributed by atoms with E-state index in [0.29, 0.717) is 36.0 Å². The van der Waals surface area contributed by atoms with Gasteiger partial charge in [0.2, 0.25) is 5.91 Å². The number of likely N-dealkylation sites (tertiary alicyclic amines) is 2. The second-order valence-electron chi connectivity index (χ2n) is 17.8. The predicted molar refractivity (Wildman–Crippen MR) is 204 cm³/mol. The van der Waals surface area contributed by atoms with Gasteiger partial charge in [-0.1, -0.05) is 31.7 Å². The summed E-state index contributed by atoms with van der Waals surface area (Å²) in [6.07, 6.45) is 13.9. The van der Waals surface area contributed by atoms with Crippen molar-refractivity contribution >= 4 is 32.9 Å². The van der Waals surface area contributed by atoms with Gasteiger partial charge in [0.05, 0.1) is 18.2 Å². The van der Waals surface area contributed by atoms with Crippen LogP contribution in [0.1, 0.15) is 110 Å². The van der Waals surface area contributed by atoms with Crippen LogP contribution in [0.3, 0.4) is 0 Å². The van der Waals surface area contributed by atoms with Crippen molar-refractivity contribution in [2.24, 2.45) is 16.7 Å². The zero-order chi connectivity index (χ0) is 36.4. The fourth-order valence-electron chi connectivity index (χ4n) is 11.9. The molecule has 2 amide bonds. The van der Waals surface area contributed by atoms with Crippen LogP contribution in [0.15, 0.2) is 36.4 Å². The Hall–Kier alpha value is -3.41. The number of hydrogen-bond donors (Lipinski definition) is 1. The van der Waals surface area contributed by atoms with Crippen LogP contribution in [-0.4, -0.2) is 91.8 Å². The van der Waals surface area contributed by atoms with Gasteiger partial charge in [-0.15, -0.1) is 0 Å². The fourth-order valence-corrected chi connectivity index (χ4v) is 12.4. The van der Waals surface area contributed by atoms with E-state index < -0.39 is 21.5 Å². The standard InChI is InChI=1S/C42H53N5O5S/c1-44(2)53(50,51)43-39(48)28-13-15-31-34(20-28)46-25-42(40(49)47-35-10-7-18-41(35)24-45(19-17-36(41)47)23-26-11-12-26)22-33(42)32-21-29(52-3)14-16-30(32)38(46)37(31)27-8-5-4-6-9-27/h13-16,20-21,26-27,33,35-36H,4-12,17-19,22-25H2,1-3H3,(H,43,48). The van der Waals surface area contributed by atoms with Crippen molar-refractivity contribution in [2.75, 3.05) is 40.8 Å². The summed E-state index contributed by atoms with van der Waals surface area (Å²) in [7, 11) is 0.553. The molecule has 11 heteroatoms. The second kappa shape index (κ2) is 12.0. The van der Waals surface area contributed by atoms with Crippen molar-refractivity contribution in [1.29, 1.82) is 0 Å². The van der Waals surface area contributed by atoms with Gasteiger partial charge >= 0.3 is 10.2 Å². The van der Waals surface area contributed by atoms with Gasteiger partial charge in [-0.05, 0) is 105 Å². The lowest BCUT2D eigenvalue weighted by Gasteiger charge is -2.65. The Balaban J connectivity index is 1.10. The second-order valence-corrected chi connectivity index (χ2v) is 19.7. The van der Waals surface area contributed by atoms with E-state index in [1.54, 1.807) is 13.2 Å². The molecule has 5 atom stereocenters. The Labute approximate surface area is 313 Å². The number of amides is 2. The predicted octanol–water partition coefficient (Wildman–Crippen LogP) is 6.25. The molecule has 282 valence electrons. The fraction of sp³-hybridized carbons (Fsp3) is 0.619. The SMILES string of the molecule is COc1ccc2c(c1)C1CC1(C(=O)N1C3CCCC34CN(CC3CC3)CCC14)Cn1c-2c(C2CCCCC2)c2ccc(C(=O)NS(=O)(=O)N(C)C)cc21. The molecule has 4 heterocycles. The minimum Gasteiger partial charge on any atom is -0.497 e. The Bertz CT molecular complexity index is 2140. The van der Waals surface area contributed by atoms with Gasteiger partial charge in [-0.3, -0.25) is 9.59 Å². The maximum absolute atomic E-state index is 15.5. The molecule has 1 aromatic heterocycles. The van der Waals surface area contributed by atoms with Crippen LogP contribution in [-0.2, 0) is 21.5 Å². The highest BCUT2D eigenvalue weighted by molar-refractivity contribution is 7.87. The third-order valence-electron chi connectivity index (χ3n) is 14.7. The molecular weight excluding hydrogens is 687 g/mol. The van der Waals surface area contributed by atoms with Crippen molar-refractivity contribution in [2.45, 2.75) is 108 Å². The minimum atomic E-state index is -3.97. The smallest absolute Gasteiger partial charge is 0.303 e. The van der Waals surface area contributed by atoms with Gasteiger partial charge in [-0.25, -0.2) is 4.72 Å². The van der Waals surface area contributed by atoms with Gasteiger partial charge in [0.15, 0.2) is 0 Å². The first kappa shape index (κ1) is 34.1. The van der Waals surface area contributed by atoms with E-state index in [2.05, 4.69) is 31.2 Å². The summed E-state index contributed by atoms with van der Waals surface area (Å²) in [6, 6.07) is 12.7. The Morgan fingerprint density at radius 2 is 1.74 bits per heavy atom. The van der Waals surface area contributed by atoms with Crippen LogP contribution in [0, 0.1) is 16.7 Å². The largest absolute Gasteiger partial charge is 0.497 e. The number of nitrogens with one attached hydrogen (secondary N) is 1. The van der Waals surface area contributed by atoms with E-state index in [-0.39, 0.29) is 11.3 Å². The van der Waals surface area contributed by atoms with Gasteiger partial charge < -0.3 is 19.1 Å². The molecule has 2 saturated heterocycles. The van der Waals surface area contributed by atoms with Crippen LogP contribution in [0.2, 0.25) is 0 Å². The van der Waals surface area contributed by atoms with Crippen LogP contribution < -0.4 is 9.46 Å². The quantitative estimate of drug-likeness (QED) is 0.293. The molecule has 2 aromatic carbocycles. The Morgan fingerprint density at radius 3 is 2.49 bits per heavy atom. The zero-order valence-electron chi connectivity index (χ0n) is 31.4. The molecule has 4 saturated carbocycles. The first-order chi connectivity index (χ1) is 25.5. The lowest BCUT2D eigenvalue weighted by Crippen LogP contribution is -2.77. The first-order valence-electron chi connectivity index (χ1n) is 20.2. The van der Waals surface area contributed by atoms with E-state index in [0.717, 1.165) is 83.3 Å². The Kier molecular flexibility index (Phi) is 7.75. The number of aromatic nitrogens is 1. The average Bonchev–Trinajstić information content (AvgIpc) is 4.06.